The van der Waals surface area contributed by atoms with Crippen LogP contribution in [-0.2, 0) is 24.8 Å². The van der Waals surface area contributed by atoms with E-state index in [1.165, 1.54) is 10.7 Å². The van der Waals surface area contributed by atoms with Crippen LogP contribution in [0.3, 0.4) is 0 Å². The van der Waals surface area contributed by atoms with Crippen molar-refractivity contribution in [2.24, 2.45) is 7.05 Å². The van der Waals surface area contributed by atoms with Gasteiger partial charge >= 0.3 is 5.97 Å². The average molecular weight is 295 g/mol. The van der Waals surface area contributed by atoms with Crippen LogP contribution in [0.1, 0.15) is 28.7 Å². The zero-order valence-corrected chi connectivity index (χ0v) is 11.7. The van der Waals surface area contributed by atoms with E-state index in [-0.39, 0.29) is 16.9 Å². The van der Waals surface area contributed by atoms with Gasteiger partial charge in [0.25, 0.3) is 0 Å². The number of benzene rings is 1. The maximum absolute atomic E-state index is 13.4. The molecular formula is C14H15F2N3O2. The smallest absolute Gasteiger partial charge is 0.359 e. The fraction of sp³-hybridized carbons (Fsp3) is 0.286. The van der Waals surface area contributed by atoms with Gasteiger partial charge < -0.3 is 10.5 Å². The van der Waals surface area contributed by atoms with Crippen molar-refractivity contribution < 1.29 is 18.3 Å². The van der Waals surface area contributed by atoms with Crippen LogP contribution in [0.5, 0.6) is 0 Å². The summed E-state index contributed by atoms with van der Waals surface area (Å²) in [5.41, 5.74) is 6.37. The van der Waals surface area contributed by atoms with Crippen molar-refractivity contribution in [3.8, 4) is 0 Å². The number of anilines is 1. The van der Waals surface area contributed by atoms with E-state index in [1.54, 1.807) is 7.05 Å². The maximum Gasteiger partial charge on any atom is 0.359 e. The molecule has 2 aromatic rings. The Bertz CT molecular complexity index is 663. The molecule has 0 spiro atoms. The van der Waals surface area contributed by atoms with Gasteiger partial charge in [-0.2, -0.15) is 5.10 Å². The van der Waals surface area contributed by atoms with Crippen molar-refractivity contribution in [3.05, 3.63) is 46.8 Å². The highest BCUT2D eigenvalue weighted by Crippen LogP contribution is 2.19. The molecule has 112 valence electrons. The fourth-order valence-electron chi connectivity index (χ4n) is 1.98. The average Bonchev–Trinajstić information content (AvgIpc) is 2.72. The lowest BCUT2D eigenvalue weighted by Gasteiger charge is -2.07. The van der Waals surface area contributed by atoms with Gasteiger partial charge in [-0.05, 0) is 18.6 Å². The summed E-state index contributed by atoms with van der Waals surface area (Å²) in [6, 6.07) is 3.43. The molecule has 5 nitrogen and oxygen atoms in total. The molecule has 0 saturated heterocycles. The molecule has 0 bridgehead atoms. The van der Waals surface area contributed by atoms with Crippen molar-refractivity contribution in [3.63, 3.8) is 0 Å². The first-order chi connectivity index (χ1) is 9.95. The van der Waals surface area contributed by atoms with Crippen molar-refractivity contribution in [1.29, 1.82) is 0 Å². The highest BCUT2D eigenvalue weighted by Gasteiger charge is 2.21. The molecule has 2 N–H and O–H groups in total. The van der Waals surface area contributed by atoms with Gasteiger partial charge in [0.2, 0.25) is 0 Å². The number of nitrogens with two attached hydrogens (primary N) is 1. The topological polar surface area (TPSA) is 70.1 Å². The standard InChI is InChI=1S/C14H15F2N3O2/c1-3-11-12(17)13(19(2)18-11)14(20)21-7-8-9(15)5-4-6-10(8)16/h4-6H,3,7,17H2,1-2H3. The van der Waals surface area contributed by atoms with Gasteiger partial charge in [-0.3, -0.25) is 4.68 Å². The third kappa shape index (κ3) is 2.86. The number of esters is 1. The second-order valence-electron chi connectivity index (χ2n) is 4.46. The predicted molar refractivity (Wildman–Crippen MR) is 72.5 cm³/mol. The van der Waals surface area contributed by atoms with Gasteiger partial charge in [0.15, 0.2) is 5.69 Å². The van der Waals surface area contributed by atoms with Gasteiger partial charge in [0.05, 0.1) is 16.9 Å². The Morgan fingerprint density at radius 1 is 1.38 bits per heavy atom. The Kier molecular flexibility index (Phi) is 4.21. The SMILES string of the molecule is CCc1nn(C)c(C(=O)OCc2c(F)cccc2F)c1N. The van der Waals surface area contributed by atoms with E-state index in [2.05, 4.69) is 5.10 Å². The molecule has 0 amide bonds. The molecule has 0 aliphatic heterocycles. The minimum Gasteiger partial charge on any atom is -0.456 e. The van der Waals surface area contributed by atoms with E-state index in [0.29, 0.717) is 12.1 Å². The number of ether oxygens (including phenoxy) is 1. The first-order valence-electron chi connectivity index (χ1n) is 6.37. The first-order valence-corrected chi connectivity index (χ1v) is 6.37. The van der Waals surface area contributed by atoms with Crippen LogP contribution in [0.25, 0.3) is 0 Å². The van der Waals surface area contributed by atoms with Gasteiger partial charge in [-0.25, -0.2) is 13.6 Å². The quantitative estimate of drug-likeness (QED) is 0.878. The Morgan fingerprint density at radius 2 is 2.00 bits per heavy atom. The van der Waals surface area contributed by atoms with Crippen molar-refractivity contribution >= 4 is 11.7 Å². The van der Waals surface area contributed by atoms with Gasteiger partial charge in [-0.1, -0.05) is 13.0 Å². The van der Waals surface area contributed by atoms with Crippen LogP contribution in [0.4, 0.5) is 14.5 Å². The molecule has 21 heavy (non-hydrogen) atoms. The van der Waals surface area contributed by atoms with Crippen molar-refractivity contribution in [1.82, 2.24) is 9.78 Å². The molecule has 1 aromatic heterocycles. The minimum absolute atomic E-state index is 0.0728. The van der Waals surface area contributed by atoms with Crippen LogP contribution >= 0.6 is 0 Å². The highest BCUT2D eigenvalue weighted by atomic mass is 19.1. The molecule has 1 heterocycles. The number of carbonyl (C=O) groups is 1. The summed E-state index contributed by atoms with van der Waals surface area (Å²) in [6.45, 7) is 1.34. The molecule has 0 atom stereocenters. The molecule has 1 aromatic carbocycles. The van der Waals surface area contributed by atoms with E-state index < -0.39 is 24.2 Å². The number of carbonyl (C=O) groups excluding carboxylic acids is 1. The van der Waals surface area contributed by atoms with E-state index >= 15 is 0 Å². The second-order valence-corrected chi connectivity index (χ2v) is 4.46. The number of halogens is 2. The predicted octanol–water partition coefficient (Wildman–Crippen LogP) is 2.20. The van der Waals surface area contributed by atoms with E-state index in [4.69, 9.17) is 10.5 Å². The Labute approximate surface area is 120 Å². The summed E-state index contributed by atoms with van der Waals surface area (Å²) < 4.78 is 33.1. The number of hydrogen-bond acceptors (Lipinski definition) is 4. The Balaban J connectivity index is 2.18. The van der Waals surface area contributed by atoms with Crippen molar-refractivity contribution in [2.45, 2.75) is 20.0 Å². The molecule has 2 rings (SSSR count). The van der Waals surface area contributed by atoms with Crippen LogP contribution in [0, 0.1) is 11.6 Å². The summed E-state index contributed by atoms with van der Waals surface area (Å²) in [5, 5.41) is 4.08. The highest BCUT2D eigenvalue weighted by molar-refractivity contribution is 5.93. The normalized spacial score (nSPS) is 10.7. The first kappa shape index (κ1) is 15.0. The van der Waals surface area contributed by atoms with Crippen molar-refractivity contribution in [2.75, 3.05) is 5.73 Å². The number of nitrogens with zero attached hydrogens (tertiary/aromatic N) is 2. The molecule has 0 aliphatic carbocycles. The molecule has 0 unspecified atom stereocenters. The summed E-state index contributed by atoms with van der Waals surface area (Å²) in [6.07, 6.45) is 0.564. The lowest BCUT2D eigenvalue weighted by atomic mass is 10.2. The number of nitrogen functional groups attached to an aromatic ring is 1. The third-order valence-corrected chi connectivity index (χ3v) is 3.10. The van der Waals surface area contributed by atoms with Gasteiger partial charge in [0.1, 0.15) is 18.2 Å². The molecule has 0 fully saturated rings. The maximum atomic E-state index is 13.4. The van der Waals surface area contributed by atoms with Crippen LogP contribution in [-0.4, -0.2) is 15.7 Å². The lowest BCUT2D eigenvalue weighted by Crippen LogP contribution is -2.13. The molecule has 0 radical (unpaired) electrons. The molecule has 7 heteroatoms. The molecule has 0 saturated carbocycles. The Hall–Kier alpha value is -2.44. The summed E-state index contributed by atoms with van der Waals surface area (Å²) in [4.78, 5) is 12.0. The Morgan fingerprint density at radius 3 is 2.52 bits per heavy atom. The van der Waals surface area contributed by atoms with Crippen LogP contribution in [0.15, 0.2) is 18.2 Å². The number of aryl methyl sites for hydroxylation is 2. The lowest BCUT2D eigenvalue weighted by molar-refractivity contribution is 0.0453. The third-order valence-electron chi connectivity index (χ3n) is 3.10. The zero-order valence-electron chi connectivity index (χ0n) is 11.7. The van der Waals surface area contributed by atoms with E-state index in [0.717, 1.165) is 12.1 Å². The van der Waals surface area contributed by atoms with Crippen LogP contribution in [0.2, 0.25) is 0 Å². The second kappa shape index (κ2) is 5.90. The summed E-state index contributed by atoms with van der Waals surface area (Å²) >= 11 is 0. The number of aromatic nitrogens is 2. The fourth-order valence-corrected chi connectivity index (χ4v) is 1.98. The van der Waals surface area contributed by atoms with Crippen LogP contribution < -0.4 is 5.73 Å². The van der Waals surface area contributed by atoms with E-state index in [1.807, 2.05) is 6.92 Å². The van der Waals surface area contributed by atoms with Gasteiger partial charge in [-0.15, -0.1) is 0 Å². The zero-order chi connectivity index (χ0) is 15.6. The molecule has 0 aliphatic rings. The largest absolute Gasteiger partial charge is 0.456 e. The molecular weight excluding hydrogens is 280 g/mol. The number of rotatable bonds is 4. The summed E-state index contributed by atoms with van der Waals surface area (Å²) in [7, 11) is 1.55. The minimum atomic E-state index is -0.773. The summed E-state index contributed by atoms with van der Waals surface area (Å²) in [5.74, 6) is -2.31. The number of hydrogen-bond donors (Lipinski definition) is 1. The van der Waals surface area contributed by atoms with E-state index in [9.17, 15) is 13.6 Å². The van der Waals surface area contributed by atoms with Gasteiger partial charge in [0, 0.05) is 7.05 Å². The monoisotopic (exact) mass is 295 g/mol.